The molecule has 0 radical (unpaired) electrons. The highest BCUT2D eigenvalue weighted by molar-refractivity contribution is 8.11. The average Bonchev–Trinajstić information content (AvgIpc) is 3.02. The van der Waals surface area contributed by atoms with Crippen molar-refractivity contribution in [1.82, 2.24) is 0 Å². The van der Waals surface area contributed by atoms with Crippen molar-refractivity contribution < 1.29 is 4.79 Å². The summed E-state index contributed by atoms with van der Waals surface area (Å²) in [5.41, 5.74) is 1.28. The van der Waals surface area contributed by atoms with E-state index in [2.05, 4.69) is 41.5 Å². The Balaban J connectivity index is 1.50. The SMILES string of the molecule is CC12CCCCC1CCC1C2CCC2(C)C(CC(C)(C)C(C)(C)CC(=O)SN)CCC12. The molecule has 4 rings (SSSR count). The van der Waals surface area contributed by atoms with Gasteiger partial charge in [-0.3, -0.25) is 9.93 Å². The van der Waals surface area contributed by atoms with Gasteiger partial charge in [-0.15, -0.1) is 0 Å². The summed E-state index contributed by atoms with van der Waals surface area (Å²) in [5.74, 6) is 4.74. The van der Waals surface area contributed by atoms with Gasteiger partial charge in [0.15, 0.2) is 0 Å². The second kappa shape index (κ2) is 8.33. The molecule has 4 saturated carbocycles. The summed E-state index contributed by atoms with van der Waals surface area (Å²) in [6.45, 7) is 14.8. The monoisotopic (exact) mass is 447 g/mol. The Kier molecular flexibility index (Phi) is 6.48. The summed E-state index contributed by atoms with van der Waals surface area (Å²) in [6, 6.07) is 0. The maximum atomic E-state index is 12.1. The van der Waals surface area contributed by atoms with E-state index in [-0.39, 0.29) is 15.9 Å². The molecule has 0 aromatic rings. The zero-order valence-corrected chi connectivity index (χ0v) is 22.1. The van der Waals surface area contributed by atoms with Gasteiger partial charge in [-0.05, 0) is 121 Å². The van der Waals surface area contributed by atoms with Crippen LogP contribution in [-0.4, -0.2) is 5.12 Å². The minimum Gasteiger partial charge on any atom is -0.286 e. The highest BCUT2D eigenvalue weighted by Gasteiger charge is 2.60. The normalized spacial score (nSPS) is 43.1. The maximum Gasteiger partial charge on any atom is 0.204 e. The molecule has 3 heteroatoms. The highest BCUT2D eigenvalue weighted by atomic mass is 32.2. The Morgan fingerprint density at radius 2 is 1.58 bits per heavy atom. The van der Waals surface area contributed by atoms with Crippen LogP contribution in [0.4, 0.5) is 0 Å². The second-order valence-electron chi connectivity index (χ2n) is 13.9. The van der Waals surface area contributed by atoms with Crippen LogP contribution in [-0.2, 0) is 4.79 Å². The lowest BCUT2D eigenvalue weighted by Gasteiger charge is -2.61. The van der Waals surface area contributed by atoms with Crippen LogP contribution in [0.1, 0.15) is 119 Å². The van der Waals surface area contributed by atoms with E-state index in [1.165, 1.54) is 70.6 Å². The molecular formula is C28H49NOS. The van der Waals surface area contributed by atoms with Crippen molar-refractivity contribution in [3.63, 3.8) is 0 Å². The second-order valence-corrected chi connectivity index (χ2v) is 14.6. The van der Waals surface area contributed by atoms with Crippen LogP contribution >= 0.6 is 11.9 Å². The molecule has 2 nitrogen and oxygen atoms in total. The molecule has 0 aromatic carbocycles. The van der Waals surface area contributed by atoms with Crippen LogP contribution in [0.25, 0.3) is 0 Å². The molecule has 178 valence electrons. The van der Waals surface area contributed by atoms with E-state index in [4.69, 9.17) is 5.14 Å². The fourth-order valence-corrected chi connectivity index (χ4v) is 9.72. The van der Waals surface area contributed by atoms with Gasteiger partial charge in [0.05, 0.1) is 0 Å². The summed E-state index contributed by atoms with van der Waals surface area (Å²) < 4.78 is 0. The van der Waals surface area contributed by atoms with Gasteiger partial charge in [0, 0.05) is 6.42 Å². The number of carbonyl (C=O) groups is 1. The minimum absolute atomic E-state index is 0.0181. The molecule has 4 fully saturated rings. The molecule has 0 saturated heterocycles. The summed E-state index contributed by atoms with van der Waals surface area (Å²) >= 11 is 0.910. The Hall–Kier alpha value is -0.0200. The Morgan fingerprint density at radius 1 is 0.871 bits per heavy atom. The largest absolute Gasteiger partial charge is 0.286 e. The first-order valence-corrected chi connectivity index (χ1v) is 14.2. The molecule has 0 spiro atoms. The van der Waals surface area contributed by atoms with E-state index >= 15 is 0 Å². The average molecular weight is 448 g/mol. The third kappa shape index (κ3) is 3.96. The third-order valence-corrected chi connectivity index (χ3v) is 12.5. The van der Waals surface area contributed by atoms with E-state index in [0.717, 1.165) is 41.5 Å². The predicted molar refractivity (Wildman–Crippen MR) is 133 cm³/mol. The molecule has 7 unspecified atom stereocenters. The first-order valence-electron chi connectivity index (χ1n) is 13.3. The number of nitrogens with two attached hydrogens (primary N) is 1. The van der Waals surface area contributed by atoms with Crippen LogP contribution in [0.15, 0.2) is 0 Å². The lowest BCUT2D eigenvalue weighted by atomic mass is 9.44. The van der Waals surface area contributed by atoms with Gasteiger partial charge in [0.1, 0.15) is 0 Å². The van der Waals surface area contributed by atoms with Gasteiger partial charge in [0.25, 0.3) is 0 Å². The van der Waals surface area contributed by atoms with Crippen LogP contribution < -0.4 is 5.14 Å². The number of hydrogen-bond donors (Lipinski definition) is 1. The lowest BCUT2D eigenvalue weighted by Crippen LogP contribution is -2.53. The van der Waals surface area contributed by atoms with Crippen molar-refractivity contribution in [3.05, 3.63) is 0 Å². The van der Waals surface area contributed by atoms with Crippen molar-refractivity contribution in [2.75, 3.05) is 0 Å². The molecule has 2 N–H and O–H groups in total. The summed E-state index contributed by atoms with van der Waals surface area (Å²) in [7, 11) is 0. The van der Waals surface area contributed by atoms with Gasteiger partial charge in [-0.25, -0.2) is 0 Å². The molecule has 7 atom stereocenters. The van der Waals surface area contributed by atoms with Crippen LogP contribution in [0.5, 0.6) is 0 Å². The Morgan fingerprint density at radius 3 is 2.29 bits per heavy atom. The van der Waals surface area contributed by atoms with Crippen molar-refractivity contribution >= 4 is 17.1 Å². The number of rotatable bonds is 5. The molecule has 0 aromatic heterocycles. The summed E-state index contributed by atoms with van der Waals surface area (Å²) in [4.78, 5) is 12.1. The van der Waals surface area contributed by atoms with E-state index < -0.39 is 0 Å². The van der Waals surface area contributed by atoms with Crippen LogP contribution in [0, 0.1) is 51.2 Å². The van der Waals surface area contributed by atoms with Crippen molar-refractivity contribution in [2.45, 2.75) is 119 Å². The quantitative estimate of drug-likeness (QED) is 0.434. The fraction of sp³-hybridized carbons (Fsp3) is 0.964. The zero-order chi connectivity index (χ0) is 22.7. The Labute approximate surface area is 196 Å². The van der Waals surface area contributed by atoms with Crippen molar-refractivity contribution in [1.29, 1.82) is 0 Å². The van der Waals surface area contributed by atoms with E-state index in [1.54, 1.807) is 0 Å². The van der Waals surface area contributed by atoms with Gasteiger partial charge >= 0.3 is 0 Å². The highest BCUT2D eigenvalue weighted by Crippen LogP contribution is 2.68. The van der Waals surface area contributed by atoms with Crippen LogP contribution in [0.2, 0.25) is 0 Å². The molecule has 0 amide bonds. The van der Waals surface area contributed by atoms with Gasteiger partial charge < -0.3 is 0 Å². The fourth-order valence-electron chi connectivity index (χ4n) is 9.27. The van der Waals surface area contributed by atoms with Gasteiger partial charge in [0.2, 0.25) is 5.12 Å². The number of fused-ring (bicyclic) bond motifs is 5. The molecule has 4 aliphatic rings. The molecule has 0 heterocycles. The number of hydrogen-bond acceptors (Lipinski definition) is 3. The Bertz CT molecular complexity index is 686. The molecular weight excluding hydrogens is 398 g/mol. The van der Waals surface area contributed by atoms with Crippen molar-refractivity contribution in [3.8, 4) is 0 Å². The summed E-state index contributed by atoms with van der Waals surface area (Å²) in [5, 5.41) is 5.71. The van der Waals surface area contributed by atoms with E-state index in [0.29, 0.717) is 17.3 Å². The van der Waals surface area contributed by atoms with Crippen molar-refractivity contribution in [2.24, 2.45) is 56.4 Å². The molecule has 0 aliphatic heterocycles. The zero-order valence-electron chi connectivity index (χ0n) is 21.3. The standard InChI is InChI=1S/C28H49NOS/c1-25(2,26(3,4)18-24(30)31-29)17-20-11-13-22-21-12-10-19-9-7-8-15-27(19,5)23(21)14-16-28(20,22)6/h19-23H,7-18,29H2,1-6H3. The molecule has 31 heavy (non-hydrogen) atoms. The first kappa shape index (κ1) is 24.1. The van der Waals surface area contributed by atoms with E-state index in [1.807, 2.05) is 0 Å². The lowest BCUT2D eigenvalue weighted by molar-refractivity contribution is -0.118. The molecule has 0 bridgehead atoms. The smallest absolute Gasteiger partial charge is 0.204 e. The first-order chi connectivity index (χ1) is 14.4. The number of carbonyl (C=O) groups excluding carboxylic acids is 1. The molecule has 4 aliphatic carbocycles. The topological polar surface area (TPSA) is 43.1 Å². The third-order valence-electron chi connectivity index (χ3n) is 12.1. The van der Waals surface area contributed by atoms with Gasteiger partial charge in [-0.1, -0.05) is 54.4 Å². The minimum atomic E-state index is -0.0181. The maximum absolute atomic E-state index is 12.1. The van der Waals surface area contributed by atoms with Gasteiger partial charge in [-0.2, -0.15) is 0 Å². The van der Waals surface area contributed by atoms with E-state index in [9.17, 15) is 4.79 Å². The summed E-state index contributed by atoms with van der Waals surface area (Å²) in [6.07, 6.45) is 16.6. The predicted octanol–water partition coefficient (Wildman–Crippen LogP) is 8.00. The van der Waals surface area contributed by atoms with Crippen LogP contribution in [0.3, 0.4) is 0 Å².